The van der Waals surface area contributed by atoms with Gasteiger partial charge in [-0.3, -0.25) is 14.6 Å². The zero-order valence-electron chi connectivity index (χ0n) is 18.3. The smallest absolute Gasteiger partial charge is 0.255 e. The molecule has 0 bridgehead atoms. The Labute approximate surface area is 191 Å². The van der Waals surface area contributed by atoms with Crippen molar-refractivity contribution < 1.29 is 19.1 Å². The third-order valence-corrected chi connectivity index (χ3v) is 6.29. The average molecular weight is 447 g/mol. The van der Waals surface area contributed by atoms with Crippen molar-refractivity contribution in [3.63, 3.8) is 0 Å². The van der Waals surface area contributed by atoms with Gasteiger partial charge in [0.25, 0.3) is 11.8 Å². The minimum absolute atomic E-state index is 0.0290. The summed E-state index contributed by atoms with van der Waals surface area (Å²) in [6.07, 6.45) is 7.32. The van der Waals surface area contributed by atoms with Gasteiger partial charge in [-0.2, -0.15) is 0 Å². The summed E-state index contributed by atoms with van der Waals surface area (Å²) in [5.74, 6) is 1.28. The number of benzene rings is 1. The highest BCUT2D eigenvalue weighted by atomic mass is 16.5. The van der Waals surface area contributed by atoms with Gasteiger partial charge in [0, 0.05) is 62.0 Å². The molecule has 2 amide bonds. The molecule has 1 saturated heterocycles. The fraction of sp³-hybridized carbons (Fsp3) is 0.333. The van der Waals surface area contributed by atoms with Crippen LogP contribution in [-0.2, 0) is 21.7 Å². The predicted molar refractivity (Wildman–Crippen MR) is 120 cm³/mol. The van der Waals surface area contributed by atoms with E-state index in [0.717, 1.165) is 5.82 Å². The molecule has 0 aliphatic carbocycles. The molecule has 1 aromatic carbocycles. The second kappa shape index (κ2) is 8.67. The number of hydrogen-bond acceptors (Lipinski definition) is 6. The molecule has 33 heavy (non-hydrogen) atoms. The Balaban J connectivity index is 1.31. The lowest BCUT2D eigenvalue weighted by molar-refractivity contribution is -0.168. The Morgan fingerprint density at radius 2 is 1.82 bits per heavy atom. The third kappa shape index (κ3) is 4.07. The Kier molecular flexibility index (Phi) is 5.55. The van der Waals surface area contributed by atoms with Crippen molar-refractivity contribution in [3.05, 3.63) is 72.6 Å². The monoisotopic (exact) mass is 447 g/mol. The van der Waals surface area contributed by atoms with Crippen molar-refractivity contribution in [1.82, 2.24) is 19.4 Å². The molecule has 1 fully saturated rings. The van der Waals surface area contributed by atoms with Crippen LogP contribution in [0.5, 0.6) is 5.75 Å². The highest BCUT2D eigenvalue weighted by Crippen LogP contribution is 2.40. The van der Waals surface area contributed by atoms with Gasteiger partial charge < -0.3 is 24.3 Å². The lowest BCUT2D eigenvalue weighted by Crippen LogP contribution is -2.54. The molecule has 9 heteroatoms. The lowest BCUT2D eigenvalue weighted by Gasteiger charge is -2.45. The quantitative estimate of drug-likeness (QED) is 0.660. The van der Waals surface area contributed by atoms with E-state index >= 15 is 0 Å². The van der Waals surface area contributed by atoms with Crippen LogP contribution in [0.25, 0.3) is 0 Å². The summed E-state index contributed by atoms with van der Waals surface area (Å²) in [6, 6.07) is 10.6. The first-order valence-electron chi connectivity index (χ1n) is 10.9. The van der Waals surface area contributed by atoms with E-state index in [1.54, 1.807) is 62.1 Å². The molecule has 3 aromatic rings. The first-order valence-corrected chi connectivity index (χ1v) is 10.9. The zero-order valence-corrected chi connectivity index (χ0v) is 18.3. The molecule has 4 heterocycles. The summed E-state index contributed by atoms with van der Waals surface area (Å²) >= 11 is 0. The standard InChI is InChI=1S/C24H25N5O4/c1-32-19-4-2-17(3-5-19)22(31)28-13-8-24(9-14-28)23-26-12-15-29(23)16-20(33-24)21(30)27-18-6-10-25-11-7-18/h2-7,10-12,15,20H,8-9,13-14,16H2,1H3,(H,25,27,30). The van der Waals surface area contributed by atoms with E-state index in [0.29, 0.717) is 49.5 Å². The van der Waals surface area contributed by atoms with Crippen LogP contribution < -0.4 is 10.1 Å². The summed E-state index contributed by atoms with van der Waals surface area (Å²) in [5, 5.41) is 2.90. The van der Waals surface area contributed by atoms with Crippen LogP contribution >= 0.6 is 0 Å². The largest absolute Gasteiger partial charge is 0.497 e. The second-order valence-electron chi connectivity index (χ2n) is 8.25. The van der Waals surface area contributed by atoms with Gasteiger partial charge in [-0.25, -0.2) is 4.98 Å². The maximum absolute atomic E-state index is 13.0. The minimum Gasteiger partial charge on any atom is -0.497 e. The van der Waals surface area contributed by atoms with E-state index in [1.165, 1.54) is 0 Å². The highest BCUT2D eigenvalue weighted by molar-refractivity contribution is 5.95. The first-order chi connectivity index (χ1) is 16.1. The molecule has 170 valence electrons. The number of aromatic nitrogens is 3. The van der Waals surface area contributed by atoms with E-state index in [2.05, 4.69) is 15.3 Å². The summed E-state index contributed by atoms with van der Waals surface area (Å²) in [5.41, 5.74) is 0.579. The molecule has 0 saturated carbocycles. The first kappa shape index (κ1) is 21.1. The highest BCUT2D eigenvalue weighted by Gasteiger charge is 2.47. The zero-order chi connectivity index (χ0) is 22.8. The maximum Gasteiger partial charge on any atom is 0.255 e. The number of amides is 2. The van der Waals surface area contributed by atoms with Gasteiger partial charge in [0.1, 0.15) is 17.2 Å². The number of rotatable bonds is 4. The van der Waals surface area contributed by atoms with Gasteiger partial charge in [-0.15, -0.1) is 0 Å². The van der Waals surface area contributed by atoms with E-state index in [4.69, 9.17) is 9.47 Å². The molecule has 1 unspecified atom stereocenters. The Morgan fingerprint density at radius 1 is 1.09 bits per heavy atom. The van der Waals surface area contributed by atoms with Crippen molar-refractivity contribution in [2.75, 3.05) is 25.5 Å². The molecule has 1 N–H and O–H groups in total. The SMILES string of the molecule is COc1ccc(C(=O)N2CCC3(CC2)OC(C(=O)Nc2ccncc2)Cn2ccnc23)cc1. The third-order valence-electron chi connectivity index (χ3n) is 6.29. The summed E-state index contributed by atoms with van der Waals surface area (Å²) in [7, 11) is 1.60. The number of hydrogen-bond donors (Lipinski definition) is 1. The van der Waals surface area contributed by atoms with Crippen molar-refractivity contribution >= 4 is 17.5 Å². The minimum atomic E-state index is -0.710. The number of imidazole rings is 1. The number of piperidine rings is 1. The van der Waals surface area contributed by atoms with Gasteiger partial charge in [-0.1, -0.05) is 0 Å². The van der Waals surface area contributed by atoms with Crippen molar-refractivity contribution in [2.45, 2.75) is 31.1 Å². The molecular weight excluding hydrogens is 422 g/mol. The van der Waals surface area contributed by atoms with Crippen molar-refractivity contribution in [3.8, 4) is 5.75 Å². The molecule has 9 nitrogen and oxygen atoms in total. The van der Waals surface area contributed by atoms with E-state index < -0.39 is 11.7 Å². The number of carbonyl (C=O) groups excluding carboxylic acids is 2. The molecule has 1 spiro atoms. The van der Waals surface area contributed by atoms with Crippen molar-refractivity contribution in [1.29, 1.82) is 0 Å². The van der Waals surface area contributed by atoms with E-state index in [-0.39, 0.29) is 11.8 Å². The van der Waals surface area contributed by atoms with Crippen LogP contribution in [0.3, 0.4) is 0 Å². The Morgan fingerprint density at radius 3 is 2.52 bits per heavy atom. The number of ether oxygens (including phenoxy) is 2. The van der Waals surface area contributed by atoms with Crippen molar-refractivity contribution in [2.24, 2.45) is 0 Å². The molecular formula is C24H25N5O4. The summed E-state index contributed by atoms with van der Waals surface area (Å²) in [6.45, 7) is 1.41. The molecule has 2 aliphatic heterocycles. The molecule has 2 aromatic heterocycles. The maximum atomic E-state index is 13.0. The van der Waals surface area contributed by atoms with Gasteiger partial charge in [0.05, 0.1) is 13.7 Å². The predicted octanol–water partition coefficient (Wildman–Crippen LogP) is 2.46. The van der Waals surface area contributed by atoms with E-state index in [1.807, 2.05) is 15.7 Å². The van der Waals surface area contributed by atoms with Crippen LogP contribution in [0, 0.1) is 0 Å². The molecule has 1 atom stereocenters. The van der Waals surface area contributed by atoms with Gasteiger partial charge >= 0.3 is 0 Å². The summed E-state index contributed by atoms with van der Waals surface area (Å²) < 4.78 is 13.6. The van der Waals surface area contributed by atoms with Crippen LogP contribution in [0.15, 0.2) is 61.2 Å². The number of nitrogens with one attached hydrogen (secondary N) is 1. The Hall–Kier alpha value is -3.72. The van der Waals surface area contributed by atoms with E-state index in [9.17, 15) is 9.59 Å². The number of likely N-dealkylation sites (tertiary alicyclic amines) is 1. The topological polar surface area (TPSA) is 98.6 Å². The fourth-order valence-electron chi connectivity index (χ4n) is 4.52. The second-order valence-corrected chi connectivity index (χ2v) is 8.25. The van der Waals surface area contributed by atoms with Gasteiger partial charge in [0.15, 0.2) is 6.10 Å². The number of methoxy groups -OCH3 is 1. The molecule has 2 aliphatic rings. The number of nitrogens with zero attached hydrogens (tertiary/aromatic N) is 4. The van der Waals surface area contributed by atoms with Crippen LogP contribution in [0.1, 0.15) is 29.0 Å². The lowest BCUT2D eigenvalue weighted by atomic mass is 9.88. The van der Waals surface area contributed by atoms with Crippen LogP contribution in [0.4, 0.5) is 5.69 Å². The number of anilines is 1. The van der Waals surface area contributed by atoms with Crippen LogP contribution in [0.2, 0.25) is 0 Å². The fourth-order valence-corrected chi connectivity index (χ4v) is 4.52. The number of pyridine rings is 1. The molecule has 0 radical (unpaired) electrons. The average Bonchev–Trinajstić information content (AvgIpc) is 3.35. The molecule has 5 rings (SSSR count). The number of carbonyl (C=O) groups is 2. The summed E-state index contributed by atoms with van der Waals surface area (Å²) in [4.78, 5) is 36.3. The van der Waals surface area contributed by atoms with Gasteiger partial charge in [-0.05, 0) is 36.4 Å². The Bertz CT molecular complexity index is 1140. The number of fused-ring (bicyclic) bond motifs is 2. The van der Waals surface area contributed by atoms with Crippen LogP contribution in [-0.4, -0.2) is 57.6 Å². The normalized spacial score (nSPS) is 19.1. The van der Waals surface area contributed by atoms with Gasteiger partial charge in [0.2, 0.25) is 0 Å².